The number of aromatic nitrogens is 1. The second-order valence-corrected chi connectivity index (χ2v) is 8.38. The SMILES string of the molecule is O=C(Cc1ccc(Oc2ccc(OCC(=O)N3CCCCC3)cc2)nc1)Nc1ccccc1C(=O)O. The van der Waals surface area contributed by atoms with E-state index in [4.69, 9.17) is 9.47 Å². The molecule has 9 heteroatoms. The molecule has 36 heavy (non-hydrogen) atoms. The number of pyridine rings is 1. The van der Waals surface area contributed by atoms with Crippen molar-refractivity contribution in [2.24, 2.45) is 0 Å². The summed E-state index contributed by atoms with van der Waals surface area (Å²) >= 11 is 0. The van der Waals surface area contributed by atoms with Gasteiger partial charge in [0, 0.05) is 25.4 Å². The summed E-state index contributed by atoms with van der Waals surface area (Å²) in [5.74, 6) is 0.0102. The minimum atomic E-state index is -1.11. The molecule has 4 rings (SSSR count). The number of likely N-dealkylation sites (tertiary alicyclic amines) is 1. The molecule has 2 heterocycles. The van der Waals surface area contributed by atoms with Gasteiger partial charge in [0.25, 0.3) is 5.91 Å². The molecule has 1 fully saturated rings. The van der Waals surface area contributed by atoms with Crippen molar-refractivity contribution in [3.05, 3.63) is 78.0 Å². The highest BCUT2D eigenvalue weighted by atomic mass is 16.5. The van der Waals surface area contributed by atoms with Crippen LogP contribution in [-0.4, -0.2) is 52.5 Å². The molecular formula is C27H27N3O6. The van der Waals surface area contributed by atoms with Gasteiger partial charge in [-0.15, -0.1) is 0 Å². The number of hydrogen-bond acceptors (Lipinski definition) is 6. The van der Waals surface area contributed by atoms with Gasteiger partial charge in [0.2, 0.25) is 11.8 Å². The van der Waals surface area contributed by atoms with Crippen molar-refractivity contribution in [1.82, 2.24) is 9.88 Å². The highest BCUT2D eigenvalue weighted by molar-refractivity contribution is 6.00. The Morgan fingerprint density at radius 2 is 1.64 bits per heavy atom. The zero-order valence-electron chi connectivity index (χ0n) is 19.7. The summed E-state index contributed by atoms with van der Waals surface area (Å²) in [6.07, 6.45) is 4.82. The highest BCUT2D eigenvalue weighted by Gasteiger charge is 2.17. The number of hydrogen-bond donors (Lipinski definition) is 2. The van der Waals surface area contributed by atoms with E-state index in [2.05, 4.69) is 10.3 Å². The van der Waals surface area contributed by atoms with Crippen LogP contribution in [0, 0.1) is 0 Å². The third-order valence-electron chi connectivity index (χ3n) is 5.71. The molecule has 0 unspecified atom stereocenters. The Bertz CT molecular complexity index is 1200. The number of carboxylic acids is 1. The Hall–Kier alpha value is -4.40. The quantitative estimate of drug-likeness (QED) is 0.464. The van der Waals surface area contributed by atoms with E-state index < -0.39 is 5.97 Å². The maximum Gasteiger partial charge on any atom is 0.337 e. The third kappa shape index (κ3) is 6.82. The Kier molecular flexibility index (Phi) is 8.12. The first-order chi connectivity index (χ1) is 17.5. The molecule has 1 aliphatic heterocycles. The minimum absolute atomic E-state index is 0.000840. The molecule has 0 bridgehead atoms. The number of anilines is 1. The number of piperidine rings is 1. The predicted octanol–water partition coefficient (Wildman–Crippen LogP) is 4.14. The van der Waals surface area contributed by atoms with Crippen LogP contribution in [-0.2, 0) is 16.0 Å². The van der Waals surface area contributed by atoms with Gasteiger partial charge in [-0.25, -0.2) is 9.78 Å². The van der Waals surface area contributed by atoms with Crippen LogP contribution in [0.4, 0.5) is 5.69 Å². The molecule has 0 spiro atoms. The zero-order chi connectivity index (χ0) is 25.3. The Morgan fingerprint density at radius 1 is 0.917 bits per heavy atom. The van der Waals surface area contributed by atoms with Crippen molar-refractivity contribution in [3.63, 3.8) is 0 Å². The fraction of sp³-hybridized carbons (Fsp3) is 0.259. The minimum Gasteiger partial charge on any atom is -0.484 e. The molecule has 2 N–H and O–H groups in total. The molecule has 9 nitrogen and oxygen atoms in total. The van der Waals surface area contributed by atoms with Crippen molar-refractivity contribution < 1.29 is 29.0 Å². The fourth-order valence-electron chi connectivity index (χ4n) is 3.84. The average molecular weight is 490 g/mol. The van der Waals surface area contributed by atoms with Crippen molar-refractivity contribution in [2.75, 3.05) is 25.0 Å². The summed E-state index contributed by atoms with van der Waals surface area (Å²) in [5.41, 5.74) is 0.915. The molecule has 0 aliphatic carbocycles. The largest absolute Gasteiger partial charge is 0.484 e. The number of benzene rings is 2. The fourth-order valence-corrected chi connectivity index (χ4v) is 3.84. The average Bonchev–Trinajstić information content (AvgIpc) is 2.90. The van der Waals surface area contributed by atoms with Crippen LogP contribution in [0.25, 0.3) is 0 Å². The lowest BCUT2D eigenvalue weighted by Crippen LogP contribution is -2.38. The smallest absolute Gasteiger partial charge is 0.337 e. The Labute approximate surface area is 208 Å². The van der Waals surface area contributed by atoms with Crippen LogP contribution in [0.2, 0.25) is 0 Å². The topological polar surface area (TPSA) is 118 Å². The van der Waals surface area contributed by atoms with E-state index >= 15 is 0 Å². The van der Waals surface area contributed by atoms with Gasteiger partial charge in [-0.1, -0.05) is 18.2 Å². The lowest BCUT2D eigenvalue weighted by molar-refractivity contribution is -0.134. The lowest BCUT2D eigenvalue weighted by Gasteiger charge is -2.26. The summed E-state index contributed by atoms with van der Waals surface area (Å²) in [5, 5.41) is 11.9. The first-order valence-electron chi connectivity index (χ1n) is 11.7. The third-order valence-corrected chi connectivity index (χ3v) is 5.71. The first-order valence-corrected chi connectivity index (χ1v) is 11.7. The summed E-state index contributed by atoms with van der Waals surface area (Å²) in [6, 6.07) is 16.5. The number of aromatic carboxylic acids is 1. The van der Waals surface area contributed by atoms with E-state index in [0.717, 1.165) is 25.9 Å². The van der Waals surface area contributed by atoms with Crippen LogP contribution >= 0.6 is 0 Å². The van der Waals surface area contributed by atoms with Crippen molar-refractivity contribution in [1.29, 1.82) is 0 Å². The Morgan fingerprint density at radius 3 is 2.33 bits per heavy atom. The van der Waals surface area contributed by atoms with Gasteiger partial charge < -0.3 is 24.8 Å². The number of carboxylic acid groups (broad SMARTS) is 1. The summed E-state index contributed by atoms with van der Waals surface area (Å²) in [7, 11) is 0. The van der Waals surface area contributed by atoms with Gasteiger partial charge >= 0.3 is 5.97 Å². The van der Waals surface area contributed by atoms with Gasteiger partial charge in [0.05, 0.1) is 17.7 Å². The number of carbonyl (C=O) groups excluding carboxylic acids is 2. The second kappa shape index (κ2) is 11.8. The second-order valence-electron chi connectivity index (χ2n) is 8.38. The van der Waals surface area contributed by atoms with E-state index in [9.17, 15) is 19.5 Å². The number of nitrogens with zero attached hydrogens (tertiary/aromatic N) is 2. The van der Waals surface area contributed by atoms with Crippen LogP contribution in [0.3, 0.4) is 0 Å². The molecular weight excluding hydrogens is 462 g/mol. The normalized spacial score (nSPS) is 13.1. The van der Waals surface area contributed by atoms with Gasteiger partial charge in [-0.2, -0.15) is 0 Å². The molecule has 2 amide bonds. The zero-order valence-corrected chi connectivity index (χ0v) is 19.7. The molecule has 3 aromatic rings. The maximum atomic E-state index is 12.4. The maximum absolute atomic E-state index is 12.4. The molecule has 2 aromatic carbocycles. The number of rotatable bonds is 9. The lowest BCUT2D eigenvalue weighted by atomic mass is 10.1. The van der Waals surface area contributed by atoms with Crippen LogP contribution < -0.4 is 14.8 Å². The van der Waals surface area contributed by atoms with E-state index in [1.807, 2.05) is 4.90 Å². The molecule has 1 aliphatic rings. The summed E-state index contributed by atoms with van der Waals surface area (Å²) in [6.45, 7) is 1.60. The van der Waals surface area contributed by atoms with Crippen LogP contribution in [0.5, 0.6) is 17.4 Å². The van der Waals surface area contributed by atoms with Crippen LogP contribution in [0.15, 0.2) is 66.9 Å². The molecule has 0 atom stereocenters. The van der Waals surface area contributed by atoms with E-state index in [0.29, 0.717) is 22.9 Å². The summed E-state index contributed by atoms with van der Waals surface area (Å²) < 4.78 is 11.4. The predicted molar refractivity (Wildman–Crippen MR) is 132 cm³/mol. The van der Waals surface area contributed by atoms with E-state index in [1.165, 1.54) is 18.7 Å². The molecule has 0 saturated carbocycles. The highest BCUT2D eigenvalue weighted by Crippen LogP contribution is 2.23. The van der Waals surface area contributed by atoms with Gasteiger partial charge in [-0.05, 0) is 61.2 Å². The summed E-state index contributed by atoms with van der Waals surface area (Å²) in [4.78, 5) is 41.9. The van der Waals surface area contributed by atoms with E-state index in [-0.39, 0.29) is 36.1 Å². The first kappa shape index (κ1) is 24.7. The molecule has 186 valence electrons. The van der Waals surface area contributed by atoms with Crippen LogP contribution in [0.1, 0.15) is 35.2 Å². The molecule has 0 radical (unpaired) electrons. The molecule has 1 saturated heterocycles. The standard InChI is InChI=1S/C27H27N3O6/c31-24(29-23-7-3-2-6-22(23)27(33)34)16-19-8-13-25(28-17-19)36-21-11-9-20(10-12-21)35-18-26(32)30-14-4-1-5-15-30/h2-3,6-13,17H,1,4-5,14-16,18H2,(H,29,31)(H,33,34). The van der Waals surface area contributed by atoms with Gasteiger partial charge in [0.15, 0.2) is 6.61 Å². The number of para-hydroxylation sites is 1. The number of carbonyl (C=O) groups is 3. The molecule has 1 aromatic heterocycles. The van der Waals surface area contributed by atoms with E-state index in [1.54, 1.807) is 54.6 Å². The van der Waals surface area contributed by atoms with Crippen molar-refractivity contribution in [2.45, 2.75) is 25.7 Å². The van der Waals surface area contributed by atoms with Gasteiger partial charge in [-0.3, -0.25) is 9.59 Å². The number of ether oxygens (including phenoxy) is 2. The Balaban J connectivity index is 1.26. The van der Waals surface area contributed by atoms with Crippen molar-refractivity contribution >= 4 is 23.5 Å². The van der Waals surface area contributed by atoms with Gasteiger partial charge in [0.1, 0.15) is 11.5 Å². The van der Waals surface area contributed by atoms with Crippen molar-refractivity contribution in [3.8, 4) is 17.4 Å². The number of nitrogens with one attached hydrogen (secondary N) is 1. The number of amides is 2. The monoisotopic (exact) mass is 489 g/mol.